The van der Waals surface area contributed by atoms with Crippen molar-refractivity contribution in [3.05, 3.63) is 57.9 Å². The lowest BCUT2D eigenvalue weighted by Gasteiger charge is -2.18. The Bertz CT molecular complexity index is 954. The minimum atomic E-state index is -2.29. The van der Waals surface area contributed by atoms with Gasteiger partial charge < -0.3 is 10.2 Å². The van der Waals surface area contributed by atoms with E-state index in [4.69, 9.17) is 11.6 Å². The van der Waals surface area contributed by atoms with Crippen LogP contribution < -0.4 is 10.2 Å². The average molecular weight is 419 g/mol. The molecule has 4 nitrogen and oxygen atoms in total. The number of benzene rings is 2. The van der Waals surface area contributed by atoms with Crippen LogP contribution in [0, 0.1) is 29.1 Å². The van der Waals surface area contributed by atoms with Gasteiger partial charge in [-0.15, -0.1) is 0 Å². The van der Waals surface area contributed by atoms with Crippen molar-refractivity contribution in [3.63, 3.8) is 0 Å². The van der Waals surface area contributed by atoms with Crippen molar-refractivity contribution in [2.75, 3.05) is 16.8 Å². The molecular formula is C18H12ClF5N2O2. The summed E-state index contributed by atoms with van der Waals surface area (Å²) in [7, 11) is 0. The van der Waals surface area contributed by atoms with E-state index in [1.165, 1.54) is 23.1 Å². The highest BCUT2D eigenvalue weighted by molar-refractivity contribution is 6.34. The van der Waals surface area contributed by atoms with Crippen LogP contribution in [-0.2, 0) is 16.0 Å². The van der Waals surface area contributed by atoms with Crippen LogP contribution in [0.2, 0.25) is 5.02 Å². The molecule has 3 rings (SSSR count). The number of hydrogen-bond donors (Lipinski definition) is 1. The molecule has 0 bridgehead atoms. The molecule has 0 unspecified atom stereocenters. The van der Waals surface area contributed by atoms with Crippen LogP contribution >= 0.6 is 11.6 Å². The van der Waals surface area contributed by atoms with E-state index in [0.717, 1.165) is 0 Å². The van der Waals surface area contributed by atoms with Crippen LogP contribution in [0.25, 0.3) is 0 Å². The molecule has 10 heteroatoms. The van der Waals surface area contributed by atoms with E-state index >= 15 is 0 Å². The number of nitrogens with one attached hydrogen (secondary N) is 1. The predicted octanol–water partition coefficient (Wildman–Crippen LogP) is 4.34. The third-order valence-corrected chi connectivity index (χ3v) is 4.54. The zero-order valence-corrected chi connectivity index (χ0v) is 14.8. The number of halogens is 6. The second-order valence-electron chi connectivity index (χ2n) is 6.09. The summed E-state index contributed by atoms with van der Waals surface area (Å²) >= 11 is 6.12. The highest BCUT2D eigenvalue weighted by atomic mass is 35.5. The Labute approximate surface area is 160 Å². The fourth-order valence-electron chi connectivity index (χ4n) is 2.88. The maximum atomic E-state index is 13.7. The molecule has 1 aliphatic rings. The first-order valence-electron chi connectivity index (χ1n) is 8.10. The molecule has 0 radical (unpaired) electrons. The zero-order chi connectivity index (χ0) is 20.6. The Balaban J connectivity index is 1.78. The first kappa shape index (κ1) is 20.1. The molecule has 0 aromatic heterocycles. The number of carbonyl (C=O) groups excluding carboxylic acids is 2. The lowest BCUT2D eigenvalue weighted by atomic mass is 10.1. The first-order valence-corrected chi connectivity index (χ1v) is 8.48. The molecule has 0 spiro atoms. The number of anilines is 2. The average Bonchev–Trinajstić information content (AvgIpc) is 3.08. The van der Waals surface area contributed by atoms with Crippen LogP contribution in [-0.4, -0.2) is 18.4 Å². The topological polar surface area (TPSA) is 49.4 Å². The van der Waals surface area contributed by atoms with Crippen LogP contribution in [0.3, 0.4) is 0 Å². The van der Waals surface area contributed by atoms with Crippen molar-refractivity contribution in [2.45, 2.75) is 19.3 Å². The van der Waals surface area contributed by atoms with Crippen molar-refractivity contribution >= 4 is 34.8 Å². The number of nitrogens with zero attached hydrogens (tertiary/aromatic N) is 1. The summed E-state index contributed by atoms with van der Waals surface area (Å²) in [5.41, 5.74) is -0.657. The van der Waals surface area contributed by atoms with E-state index in [2.05, 4.69) is 5.32 Å². The predicted molar refractivity (Wildman–Crippen MR) is 91.6 cm³/mol. The van der Waals surface area contributed by atoms with Crippen molar-refractivity contribution < 1.29 is 31.5 Å². The first-order chi connectivity index (χ1) is 13.2. The maximum Gasteiger partial charge on any atom is 0.229 e. The minimum Gasteiger partial charge on any atom is -0.326 e. The standard InChI is InChI=1S/C18H12ClF5N2O2/c19-10-6-8(3-4-11(10)26-5-1-2-13(26)28)25-12(27)7-9-14(20)16(22)18(24)17(23)15(9)21/h3-4,6H,1-2,5,7H2,(H,25,27). The Hall–Kier alpha value is -2.68. The van der Waals surface area contributed by atoms with Gasteiger partial charge in [0.15, 0.2) is 23.3 Å². The fourth-order valence-corrected chi connectivity index (χ4v) is 3.16. The van der Waals surface area contributed by atoms with Gasteiger partial charge in [0.25, 0.3) is 0 Å². The number of amides is 2. The Morgan fingerprint density at radius 2 is 1.64 bits per heavy atom. The van der Waals surface area contributed by atoms with Crippen molar-refractivity contribution in [3.8, 4) is 0 Å². The molecule has 0 atom stereocenters. The van der Waals surface area contributed by atoms with Crippen LogP contribution in [0.1, 0.15) is 18.4 Å². The number of rotatable bonds is 4. The molecule has 2 amide bonds. The summed E-state index contributed by atoms with van der Waals surface area (Å²) in [4.78, 5) is 25.3. The quantitative estimate of drug-likeness (QED) is 0.456. The Morgan fingerprint density at radius 1 is 1.04 bits per heavy atom. The summed E-state index contributed by atoms with van der Waals surface area (Å²) in [6.07, 6.45) is 0.0159. The van der Waals surface area contributed by atoms with Gasteiger partial charge in [0.1, 0.15) is 0 Å². The van der Waals surface area contributed by atoms with Gasteiger partial charge in [-0.2, -0.15) is 0 Å². The van der Waals surface area contributed by atoms with Gasteiger partial charge in [-0.05, 0) is 24.6 Å². The van der Waals surface area contributed by atoms with Crippen molar-refractivity contribution in [1.82, 2.24) is 0 Å². The number of hydrogen-bond acceptors (Lipinski definition) is 2. The molecule has 2 aromatic carbocycles. The highest BCUT2D eigenvalue weighted by Crippen LogP contribution is 2.32. The molecule has 1 N–H and O–H groups in total. The largest absolute Gasteiger partial charge is 0.326 e. The summed E-state index contributed by atoms with van der Waals surface area (Å²) in [5, 5.41) is 2.43. The van der Waals surface area contributed by atoms with Gasteiger partial charge in [-0.3, -0.25) is 9.59 Å². The molecule has 1 heterocycles. The third kappa shape index (κ3) is 3.66. The monoisotopic (exact) mass is 418 g/mol. The summed E-state index contributed by atoms with van der Waals surface area (Å²) in [5.74, 6) is -11.8. The summed E-state index contributed by atoms with van der Waals surface area (Å²) in [6, 6.07) is 4.21. The Kier molecular flexibility index (Phi) is 5.55. The van der Waals surface area contributed by atoms with Crippen LogP contribution in [0.15, 0.2) is 18.2 Å². The second-order valence-corrected chi connectivity index (χ2v) is 6.50. The SMILES string of the molecule is O=C(Cc1c(F)c(F)c(F)c(F)c1F)Nc1ccc(N2CCCC2=O)c(Cl)c1. The fraction of sp³-hybridized carbons (Fsp3) is 0.222. The van der Waals surface area contributed by atoms with E-state index in [1.807, 2.05) is 0 Å². The molecule has 1 saturated heterocycles. The van der Waals surface area contributed by atoms with E-state index in [0.29, 0.717) is 25.1 Å². The van der Waals surface area contributed by atoms with Crippen LogP contribution in [0.5, 0.6) is 0 Å². The lowest BCUT2D eigenvalue weighted by Crippen LogP contribution is -2.24. The highest BCUT2D eigenvalue weighted by Gasteiger charge is 2.27. The van der Waals surface area contributed by atoms with Gasteiger partial charge in [-0.1, -0.05) is 11.6 Å². The maximum absolute atomic E-state index is 13.7. The molecule has 1 fully saturated rings. The third-order valence-electron chi connectivity index (χ3n) is 4.23. The summed E-state index contributed by atoms with van der Waals surface area (Å²) < 4.78 is 66.8. The van der Waals surface area contributed by atoms with E-state index < -0.39 is 47.0 Å². The van der Waals surface area contributed by atoms with Gasteiger partial charge in [0.2, 0.25) is 17.6 Å². The smallest absolute Gasteiger partial charge is 0.229 e. The molecule has 2 aromatic rings. The van der Waals surface area contributed by atoms with Crippen LogP contribution in [0.4, 0.5) is 33.3 Å². The van der Waals surface area contributed by atoms with E-state index in [-0.39, 0.29) is 16.6 Å². The normalized spacial score (nSPS) is 13.9. The molecule has 28 heavy (non-hydrogen) atoms. The van der Waals surface area contributed by atoms with Gasteiger partial charge in [-0.25, -0.2) is 22.0 Å². The van der Waals surface area contributed by atoms with Gasteiger partial charge >= 0.3 is 0 Å². The zero-order valence-electron chi connectivity index (χ0n) is 14.1. The van der Waals surface area contributed by atoms with Gasteiger partial charge in [0, 0.05) is 24.2 Å². The molecule has 0 aliphatic carbocycles. The molecule has 0 saturated carbocycles. The van der Waals surface area contributed by atoms with Crippen molar-refractivity contribution in [1.29, 1.82) is 0 Å². The van der Waals surface area contributed by atoms with E-state index in [1.54, 1.807) is 0 Å². The summed E-state index contributed by atoms with van der Waals surface area (Å²) in [6.45, 7) is 0.504. The minimum absolute atomic E-state index is 0.0926. The van der Waals surface area contributed by atoms with Gasteiger partial charge in [0.05, 0.1) is 17.1 Å². The molecule has 148 valence electrons. The molecular weight excluding hydrogens is 407 g/mol. The molecule has 1 aliphatic heterocycles. The Morgan fingerprint density at radius 3 is 2.18 bits per heavy atom. The van der Waals surface area contributed by atoms with E-state index in [9.17, 15) is 31.5 Å². The second kappa shape index (κ2) is 7.75. The lowest BCUT2D eigenvalue weighted by molar-refractivity contribution is -0.117. The van der Waals surface area contributed by atoms with Crippen molar-refractivity contribution in [2.24, 2.45) is 0 Å². The number of carbonyl (C=O) groups is 2.